The molecule has 0 bridgehead atoms. The summed E-state index contributed by atoms with van der Waals surface area (Å²) < 4.78 is 5.29. The van der Waals surface area contributed by atoms with Gasteiger partial charge in [-0.05, 0) is 30.2 Å². The van der Waals surface area contributed by atoms with Crippen molar-refractivity contribution >= 4 is 28.9 Å². The summed E-state index contributed by atoms with van der Waals surface area (Å²) in [6, 6.07) is 13.8. The molecule has 2 rings (SSSR count). The standard InChI is InChI=1S/C16H17Cl2NO/c1-11-8-14(18)15(9-13(11)17)19-16(10-20-2)12-6-4-3-5-7-12/h3-9,16,19H,10H2,1-2H3. The first-order valence-corrected chi connectivity index (χ1v) is 7.13. The van der Waals surface area contributed by atoms with Gasteiger partial charge in [-0.25, -0.2) is 0 Å². The molecule has 20 heavy (non-hydrogen) atoms. The first kappa shape index (κ1) is 15.2. The van der Waals surface area contributed by atoms with Gasteiger partial charge in [-0.15, -0.1) is 0 Å². The van der Waals surface area contributed by atoms with E-state index in [1.54, 1.807) is 7.11 Å². The number of benzene rings is 2. The van der Waals surface area contributed by atoms with Crippen molar-refractivity contribution in [3.05, 3.63) is 63.6 Å². The molecule has 0 radical (unpaired) electrons. The smallest absolute Gasteiger partial charge is 0.0748 e. The van der Waals surface area contributed by atoms with E-state index in [4.69, 9.17) is 27.9 Å². The second-order valence-corrected chi connectivity index (χ2v) is 5.46. The molecule has 0 saturated carbocycles. The van der Waals surface area contributed by atoms with Gasteiger partial charge in [-0.2, -0.15) is 0 Å². The molecule has 1 N–H and O–H groups in total. The number of methoxy groups -OCH3 is 1. The zero-order chi connectivity index (χ0) is 14.5. The van der Waals surface area contributed by atoms with E-state index in [2.05, 4.69) is 17.4 Å². The Labute approximate surface area is 129 Å². The molecule has 0 aliphatic carbocycles. The van der Waals surface area contributed by atoms with Crippen LogP contribution in [-0.2, 0) is 4.74 Å². The van der Waals surface area contributed by atoms with Gasteiger partial charge in [0.1, 0.15) is 0 Å². The summed E-state index contributed by atoms with van der Waals surface area (Å²) in [6.45, 7) is 2.48. The summed E-state index contributed by atoms with van der Waals surface area (Å²) in [5.74, 6) is 0. The van der Waals surface area contributed by atoms with Crippen LogP contribution in [0.1, 0.15) is 17.2 Å². The molecule has 0 aromatic heterocycles. The second-order valence-electron chi connectivity index (χ2n) is 4.64. The average Bonchev–Trinajstić information content (AvgIpc) is 2.45. The molecule has 0 aliphatic heterocycles. The summed E-state index contributed by atoms with van der Waals surface area (Å²) in [5.41, 5.74) is 2.92. The molecule has 0 aliphatic rings. The topological polar surface area (TPSA) is 21.3 Å². The molecule has 1 atom stereocenters. The highest BCUT2D eigenvalue weighted by atomic mass is 35.5. The fourth-order valence-electron chi connectivity index (χ4n) is 2.02. The SMILES string of the molecule is COCC(Nc1cc(Cl)c(C)cc1Cl)c1ccccc1. The Bertz CT molecular complexity index is 572. The highest BCUT2D eigenvalue weighted by Crippen LogP contribution is 2.31. The van der Waals surface area contributed by atoms with Crippen LogP contribution in [0.5, 0.6) is 0 Å². The molecular formula is C16H17Cl2NO. The minimum Gasteiger partial charge on any atom is -0.382 e. The molecule has 2 aromatic rings. The zero-order valence-corrected chi connectivity index (χ0v) is 13.0. The van der Waals surface area contributed by atoms with Crippen molar-refractivity contribution in [3.63, 3.8) is 0 Å². The van der Waals surface area contributed by atoms with Crippen LogP contribution in [0.3, 0.4) is 0 Å². The maximum absolute atomic E-state index is 6.27. The van der Waals surface area contributed by atoms with E-state index in [0.29, 0.717) is 16.7 Å². The van der Waals surface area contributed by atoms with Gasteiger partial charge < -0.3 is 10.1 Å². The average molecular weight is 310 g/mol. The van der Waals surface area contributed by atoms with Gasteiger partial charge in [0.15, 0.2) is 0 Å². The number of hydrogen-bond donors (Lipinski definition) is 1. The summed E-state index contributed by atoms with van der Waals surface area (Å²) in [5, 5.41) is 4.74. The van der Waals surface area contributed by atoms with Crippen LogP contribution in [0.15, 0.2) is 42.5 Å². The minimum atomic E-state index is 0.0254. The lowest BCUT2D eigenvalue weighted by Crippen LogP contribution is -2.16. The molecule has 0 amide bonds. The van der Waals surface area contributed by atoms with Gasteiger partial charge in [0, 0.05) is 12.1 Å². The summed E-state index contributed by atoms with van der Waals surface area (Å²) >= 11 is 12.4. The van der Waals surface area contributed by atoms with E-state index in [9.17, 15) is 0 Å². The number of ether oxygens (including phenoxy) is 1. The van der Waals surface area contributed by atoms with E-state index in [1.807, 2.05) is 37.3 Å². The van der Waals surface area contributed by atoms with Crippen LogP contribution in [0.4, 0.5) is 5.69 Å². The van der Waals surface area contributed by atoms with Crippen LogP contribution in [-0.4, -0.2) is 13.7 Å². The number of halogens is 2. The van der Waals surface area contributed by atoms with Crippen molar-refractivity contribution in [3.8, 4) is 0 Å². The largest absolute Gasteiger partial charge is 0.382 e. The van der Waals surface area contributed by atoms with Gasteiger partial charge in [-0.1, -0.05) is 53.5 Å². The summed E-state index contributed by atoms with van der Waals surface area (Å²) in [4.78, 5) is 0. The third kappa shape index (κ3) is 3.66. The van der Waals surface area contributed by atoms with Crippen LogP contribution in [0.25, 0.3) is 0 Å². The molecule has 0 saturated heterocycles. The van der Waals surface area contributed by atoms with Gasteiger partial charge in [0.05, 0.1) is 23.4 Å². The minimum absolute atomic E-state index is 0.0254. The van der Waals surface area contributed by atoms with Crippen LogP contribution >= 0.6 is 23.2 Å². The van der Waals surface area contributed by atoms with Gasteiger partial charge in [-0.3, -0.25) is 0 Å². The first-order chi connectivity index (χ1) is 9.61. The summed E-state index contributed by atoms with van der Waals surface area (Å²) in [7, 11) is 1.68. The van der Waals surface area contributed by atoms with E-state index < -0.39 is 0 Å². The number of anilines is 1. The van der Waals surface area contributed by atoms with Gasteiger partial charge in [0.2, 0.25) is 0 Å². The van der Waals surface area contributed by atoms with Crippen LogP contribution in [0.2, 0.25) is 10.0 Å². The van der Waals surface area contributed by atoms with Crippen LogP contribution < -0.4 is 5.32 Å². The Morgan fingerprint density at radius 1 is 1.10 bits per heavy atom. The van der Waals surface area contributed by atoms with Crippen molar-refractivity contribution in [2.75, 3.05) is 19.0 Å². The van der Waals surface area contributed by atoms with Crippen molar-refractivity contribution in [2.45, 2.75) is 13.0 Å². The molecule has 2 aromatic carbocycles. The lowest BCUT2D eigenvalue weighted by molar-refractivity contribution is 0.186. The Balaban J connectivity index is 2.27. The van der Waals surface area contributed by atoms with E-state index in [0.717, 1.165) is 16.8 Å². The Kier molecular flexibility index (Phi) is 5.30. The fourth-order valence-corrected chi connectivity index (χ4v) is 2.45. The quantitative estimate of drug-likeness (QED) is 0.829. The van der Waals surface area contributed by atoms with Crippen molar-refractivity contribution in [1.82, 2.24) is 0 Å². The third-order valence-corrected chi connectivity index (χ3v) is 3.83. The monoisotopic (exact) mass is 309 g/mol. The van der Waals surface area contributed by atoms with Gasteiger partial charge in [0.25, 0.3) is 0 Å². The van der Waals surface area contributed by atoms with Gasteiger partial charge >= 0.3 is 0 Å². The van der Waals surface area contributed by atoms with E-state index in [-0.39, 0.29) is 6.04 Å². The predicted molar refractivity (Wildman–Crippen MR) is 85.9 cm³/mol. The number of nitrogens with one attached hydrogen (secondary N) is 1. The Morgan fingerprint density at radius 3 is 2.45 bits per heavy atom. The number of aryl methyl sites for hydroxylation is 1. The second kappa shape index (κ2) is 6.98. The Morgan fingerprint density at radius 2 is 1.80 bits per heavy atom. The predicted octanol–water partition coefficient (Wildman–Crippen LogP) is 5.10. The maximum Gasteiger partial charge on any atom is 0.0748 e. The molecule has 0 heterocycles. The zero-order valence-electron chi connectivity index (χ0n) is 11.5. The third-order valence-electron chi connectivity index (χ3n) is 3.11. The fraction of sp³-hybridized carbons (Fsp3) is 0.250. The number of rotatable bonds is 5. The first-order valence-electron chi connectivity index (χ1n) is 6.38. The maximum atomic E-state index is 6.27. The summed E-state index contributed by atoms with van der Waals surface area (Å²) in [6.07, 6.45) is 0. The lowest BCUT2D eigenvalue weighted by Gasteiger charge is -2.21. The van der Waals surface area contributed by atoms with E-state index in [1.165, 1.54) is 0 Å². The molecule has 4 heteroatoms. The normalized spacial score (nSPS) is 12.2. The number of hydrogen-bond acceptors (Lipinski definition) is 2. The lowest BCUT2D eigenvalue weighted by atomic mass is 10.1. The highest BCUT2D eigenvalue weighted by molar-refractivity contribution is 6.35. The molecule has 0 spiro atoms. The molecule has 106 valence electrons. The molecule has 2 nitrogen and oxygen atoms in total. The van der Waals surface area contributed by atoms with Crippen LogP contribution in [0, 0.1) is 6.92 Å². The van der Waals surface area contributed by atoms with E-state index >= 15 is 0 Å². The highest BCUT2D eigenvalue weighted by Gasteiger charge is 2.13. The molecule has 1 unspecified atom stereocenters. The van der Waals surface area contributed by atoms with Crippen molar-refractivity contribution in [1.29, 1.82) is 0 Å². The Hall–Kier alpha value is -1.22. The van der Waals surface area contributed by atoms with Crippen molar-refractivity contribution < 1.29 is 4.74 Å². The molecule has 0 fully saturated rings. The van der Waals surface area contributed by atoms with Crippen molar-refractivity contribution in [2.24, 2.45) is 0 Å². The molecular weight excluding hydrogens is 293 g/mol.